The smallest absolute Gasteiger partial charge is 0.109 e. The fourth-order valence-corrected chi connectivity index (χ4v) is 3.09. The normalized spacial score (nSPS) is 12.7. The molecule has 1 aromatic carbocycles. The summed E-state index contributed by atoms with van der Waals surface area (Å²) in [6.07, 6.45) is 4.74. The molecule has 1 N–H and O–H groups in total. The van der Waals surface area contributed by atoms with Crippen molar-refractivity contribution in [2.24, 2.45) is 0 Å². The third kappa shape index (κ3) is 2.86. The molecule has 0 radical (unpaired) electrons. The van der Waals surface area contributed by atoms with Crippen LogP contribution in [0.5, 0.6) is 0 Å². The molecule has 4 heteroatoms. The predicted molar refractivity (Wildman–Crippen MR) is 83.7 cm³/mol. The zero-order chi connectivity index (χ0) is 13.8. The molecule has 1 atom stereocenters. The van der Waals surface area contributed by atoms with Crippen LogP contribution in [0.4, 0.5) is 0 Å². The highest BCUT2D eigenvalue weighted by atomic mass is 32.1. The number of hydrogen-bond acceptors (Lipinski definition) is 4. The highest BCUT2D eigenvalue weighted by molar-refractivity contribution is 7.09. The van der Waals surface area contributed by atoms with E-state index in [-0.39, 0.29) is 0 Å². The number of nitrogens with zero attached hydrogens (tertiary/aromatic N) is 2. The zero-order valence-corrected chi connectivity index (χ0v) is 12.2. The van der Waals surface area contributed by atoms with Crippen molar-refractivity contribution in [2.75, 3.05) is 0 Å². The van der Waals surface area contributed by atoms with Gasteiger partial charge in [0.25, 0.3) is 0 Å². The lowest BCUT2D eigenvalue weighted by Crippen LogP contribution is -2.20. The molecular formula is C16H17N3S. The maximum Gasteiger partial charge on any atom is 0.109 e. The molecular weight excluding hydrogens is 266 g/mol. The van der Waals surface area contributed by atoms with Gasteiger partial charge in [-0.2, -0.15) is 0 Å². The maximum atomic E-state index is 4.40. The molecule has 1 unspecified atom stereocenters. The van der Waals surface area contributed by atoms with E-state index in [4.69, 9.17) is 0 Å². The van der Waals surface area contributed by atoms with Gasteiger partial charge < -0.3 is 5.32 Å². The van der Waals surface area contributed by atoms with Crippen LogP contribution in [0.1, 0.15) is 30.0 Å². The van der Waals surface area contributed by atoms with Crippen molar-refractivity contribution in [3.63, 3.8) is 0 Å². The van der Waals surface area contributed by atoms with Gasteiger partial charge in [-0.05, 0) is 30.2 Å². The fourth-order valence-electron chi connectivity index (χ4n) is 2.29. The molecule has 0 amide bonds. The lowest BCUT2D eigenvalue weighted by Gasteiger charge is -2.14. The predicted octanol–water partition coefficient (Wildman–Crippen LogP) is 3.93. The molecule has 20 heavy (non-hydrogen) atoms. The summed E-state index contributed by atoms with van der Waals surface area (Å²) in [5, 5.41) is 7.96. The standard InChI is InChI=1S/C16H17N3S/c1-2-14(16-18-8-9-20-16)19-11-12-5-6-15-13(10-12)4-3-7-17-15/h3-10,14,19H,2,11H2,1H3. The minimum atomic E-state index is 0.333. The summed E-state index contributed by atoms with van der Waals surface area (Å²) in [5.74, 6) is 0. The van der Waals surface area contributed by atoms with Gasteiger partial charge >= 0.3 is 0 Å². The number of aromatic nitrogens is 2. The highest BCUT2D eigenvalue weighted by Gasteiger charge is 2.10. The van der Waals surface area contributed by atoms with Crippen molar-refractivity contribution in [1.82, 2.24) is 15.3 Å². The summed E-state index contributed by atoms with van der Waals surface area (Å²) in [6, 6.07) is 10.8. The van der Waals surface area contributed by atoms with Crippen molar-refractivity contribution in [3.8, 4) is 0 Å². The molecule has 0 spiro atoms. The molecule has 3 aromatic rings. The third-order valence-electron chi connectivity index (χ3n) is 3.38. The van der Waals surface area contributed by atoms with Crippen LogP contribution in [-0.2, 0) is 6.54 Å². The molecule has 0 bridgehead atoms. The summed E-state index contributed by atoms with van der Waals surface area (Å²) >= 11 is 1.71. The number of benzene rings is 1. The first-order chi connectivity index (χ1) is 9.86. The van der Waals surface area contributed by atoms with Crippen molar-refractivity contribution in [2.45, 2.75) is 25.9 Å². The largest absolute Gasteiger partial charge is 0.304 e. The second-order valence-electron chi connectivity index (χ2n) is 4.74. The van der Waals surface area contributed by atoms with Crippen LogP contribution in [0.25, 0.3) is 10.9 Å². The Balaban J connectivity index is 1.73. The summed E-state index contributed by atoms with van der Waals surface area (Å²) in [6.45, 7) is 3.03. The van der Waals surface area contributed by atoms with E-state index in [2.05, 4.69) is 46.5 Å². The minimum absolute atomic E-state index is 0.333. The number of nitrogens with one attached hydrogen (secondary N) is 1. The SMILES string of the molecule is CCC(NCc1ccc2ncccc2c1)c1nccs1. The highest BCUT2D eigenvalue weighted by Crippen LogP contribution is 2.20. The van der Waals surface area contributed by atoms with Gasteiger partial charge in [0.1, 0.15) is 5.01 Å². The average molecular weight is 283 g/mol. The first-order valence-corrected chi connectivity index (χ1v) is 7.71. The number of hydrogen-bond donors (Lipinski definition) is 1. The maximum absolute atomic E-state index is 4.40. The van der Waals surface area contributed by atoms with Crippen LogP contribution in [0.2, 0.25) is 0 Å². The van der Waals surface area contributed by atoms with E-state index < -0.39 is 0 Å². The quantitative estimate of drug-likeness (QED) is 0.771. The second kappa shape index (κ2) is 6.11. The lowest BCUT2D eigenvalue weighted by atomic mass is 10.1. The number of rotatable bonds is 5. The third-order valence-corrected chi connectivity index (χ3v) is 4.27. The van der Waals surface area contributed by atoms with Gasteiger partial charge in [-0.15, -0.1) is 11.3 Å². The van der Waals surface area contributed by atoms with Crippen LogP contribution in [0.3, 0.4) is 0 Å². The van der Waals surface area contributed by atoms with Crippen LogP contribution in [-0.4, -0.2) is 9.97 Å². The van der Waals surface area contributed by atoms with E-state index in [0.29, 0.717) is 6.04 Å². The van der Waals surface area contributed by atoms with Gasteiger partial charge in [0, 0.05) is 29.7 Å². The van der Waals surface area contributed by atoms with Crippen LogP contribution in [0.15, 0.2) is 48.1 Å². The summed E-state index contributed by atoms with van der Waals surface area (Å²) in [4.78, 5) is 8.74. The first kappa shape index (κ1) is 13.2. The van der Waals surface area contributed by atoms with Crippen LogP contribution < -0.4 is 5.32 Å². The summed E-state index contributed by atoms with van der Waals surface area (Å²) in [5.41, 5.74) is 2.32. The van der Waals surface area contributed by atoms with E-state index in [1.54, 1.807) is 11.3 Å². The number of fused-ring (bicyclic) bond motifs is 1. The van der Waals surface area contributed by atoms with E-state index in [0.717, 1.165) is 23.5 Å². The van der Waals surface area contributed by atoms with Gasteiger partial charge in [0.15, 0.2) is 0 Å². The Labute approximate surface area is 122 Å². The molecule has 0 saturated heterocycles. The number of pyridine rings is 1. The van der Waals surface area contributed by atoms with Gasteiger partial charge in [0.05, 0.1) is 11.6 Å². The molecule has 0 aliphatic rings. The molecule has 2 aromatic heterocycles. The fraction of sp³-hybridized carbons (Fsp3) is 0.250. The van der Waals surface area contributed by atoms with E-state index in [1.165, 1.54) is 10.9 Å². The Morgan fingerprint density at radius 1 is 1.20 bits per heavy atom. The lowest BCUT2D eigenvalue weighted by molar-refractivity contribution is 0.517. The van der Waals surface area contributed by atoms with E-state index in [1.807, 2.05) is 23.8 Å². The molecule has 3 rings (SSSR count). The minimum Gasteiger partial charge on any atom is -0.304 e. The second-order valence-corrected chi connectivity index (χ2v) is 5.67. The molecule has 0 aliphatic heterocycles. The molecule has 0 fully saturated rings. The first-order valence-electron chi connectivity index (χ1n) is 6.83. The van der Waals surface area contributed by atoms with E-state index >= 15 is 0 Å². The molecule has 102 valence electrons. The molecule has 0 saturated carbocycles. The topological polar surface area (TPSA) is 37.8 Å². The average Bonchev–Trinajstić information content (AvgIpc) is 3.02. The van der Waals surface area contributed by atoms with Crippen molar-refractivity contribution in [3.05, 3.63) is 58.7 Å². The monoisotopic (exact) mass is 283 g/mol. The summed E-state index contributed by atoms with van der Waals surface area (Å²) < 4.78 is 0. The number of thiazole rings is 1. The molecule has 3 nitrogen and oxygen atoms in total. The van der Waals surface area contributed by atoms with Crippen molar-refractivity contribution < 1.29 is 0 Å². The van der Waals surface area contributed by atoms with Crippen LogP contribution in [0, 0.1) is 0 Å². The Bertz CT molecular complexity index is 679. The zero-order valence-electron chi connectivity index (χ0n) is 11.4. The van der Waals surface area contributed by atoms with Gasteiger partial charge in [-0.25, -0.2) is 4.98 Å². The van der Waals surface area contributed by atoms with Gasteiger partial charge in [-0.1, -0.05) is 19.1 Å². The van der Waals surface area contributed by atoms with E-state index in [9.17, 15) is 0 Å². The Morgan fingerprint density at radius 3 is 2.95 bits per heavy atom. The van der Waals surface area contributed by atoms with Crippen molar-refractivity contribution >= 4 is 22.2 Å². The van der Waals surface area contributed by atoms with Crippen LogP contribution >= 0.6 is 11.3 Å². The summed E-state index contributed by atoms with van der Waals surface area (Å²) in [7, 11) is 0. The van der Waals surface area contributed by atoms with Crippen molar-refractivity contribution in [1.29, 1.82) is 0 Å². The van der Waals surface area contributed by atoms with Gasteiger partial charge in [-0.3, -0.25) is 4.98 Å². The Morgan fingerprint density at radius 2 is 2.15 bits per heavy atom. The van der Waals surface area contributed by atoms with Gasteiger partial charge in [0.2, 0.25) is 0 Å². The Kier molecular flexibility index (Phi) is 4.04. The Hall–Kier alpha value is -1.78. The molecule has 2 heterocycles. The molecule has 0 aliphatic carbocycles.